The van der Waals surface area contributed by atoms with Gasteiger partial charge >= 0.3 is 0 Å². The Morgan fingerprint density at radius 3 is 2.79 bits per heavy atom. The largest absolute Gasteiger partial charge is 0.319 e. The molecule has 1 aromatic heterocycles. The molecule has 1 saturated heterocycles. The molecule has 19 heavy (non-hydrogen) atoms. The lowest BCUT2D eigenvalue weighted by atomic mass is 9.97. The normalized spacial score (nSPS) is 19.7. The number of rotatable bonds is 6. The Kier molecular flexibility index (Phi) is 5.40. The summed E-state index contributed by atoms with van der Waals surface area (Å²) in [4.78, 5) is 2.54. The van der Waals surface area contributed by atoms with Crippen LogP contribution >= 0.6 is 0 Å². The van der Waals surface area contributed by atoms with Gasteiger partial charge < -0.3 is 5.32 Å². The van der Waals surface area contributed by atoms with E-state index in [2.05, 4.69) is 41.0 Å². The maximum atomic E-state index is 4.69. The number of nitrogens with zero attached hydrogens (tertiary/aromatic N) is 3. The lowest BCUT2D eigenvalue weighted by molar-refractivity contribution is 0.174. The van der Waals surface area contributed by atoms with Crippen LogP contribution in [0.4, 0.5) is 0 Å². The van der Waals surface area contributed by atoms with Crippen LogP contribution in [-0.4, -0.2) is 41.4 Å². The topological polar surface area (TPSA) is 33.1 Å². The Morgan fingerprint density at radius 1 is 1.42 bits per heavy atom. The molecule has 1 aliphatic heterocycles. The Morgan fingerprint density at radius 2 is 2.16 bits per heavy atom. The van der Waals surface area contributed by atoms with Crippen LogP contribution in [0.3, 0.4) is 0 Å². The summed E-state index contributed by atoms with van der Waals surface area (Å²) >= 11 is 0. The highest BCUT2D eigenvalue weighted by atomic mass is 15.3. The van der Waals surface area contributed by atoms with E-state index in [9.17, 15) is 0 Å². The molecule has 1 aromatic rings. The third-order valence-electron chi connectivity index (χ3n) is 4.29. The molecule has 4 heteroatoms. The molecule has 2 rings (SSSR count). The number of nitrogens with one attached hydrogen (secondary N) is 1. The third-order valence-corrected chi connectivity index (χ3v) is 4.29. The van der Waals surface area contributed by atoms with Gasteiger partial charge in [-0.3, -0.25) is 9.58 Å². The highest BCUT2D eigenvalue weighted by molar-refractivity contribution is 5.00. The predicted molar refractivity (Wildman–Crippen MR) is 79.2 cm³/mol. The van der Waals surface area contributed by atoms with Gasteiger partial charge in [0.05, 0.1) is 5.69 Å². The maximum Gasteiger partial charge on any atom is 0.0764 e. The summed E-state index contributed by atoms with van der Waals surface area (Å²) in [5.41, 5.74) is 1.22. The van der Waals surface area contributed by atoms with Crippen molar-refractivity contribution >= 4 is 0 Å². The number of likely N-dealkylation sites (tertiary alicyclic amines) is 1. The van der Waals surface area contributed by atoms with Gasteiger partial charge in [0, 0.05) is 18.8 Å². The Labute approximate surface area is 117 Å². The van der Waals surface area contributed by atoms with Crippen molar-refractivity contribution in [3.63, 3.8) is 0 Å². The summed E-state index contributed by atoms with van der Waals surface area (Å²) in [5, 5.41) is 7.98. The maximum absolute atomic E-state index is 4.69. The summed E-state index contributed by atoms with van der Waals surface area (Å²) in [7, 11) is 2.05. The van der Waals surface area contributed by atoms with Gasteiger partial charge in [-0.25, -0.2) is 0 Å². The molecule has 4 nitrogen and oxygen atoms in total. The minimum Gasteiger partial charge on any atom is -0.319 e. The van der Waals surface area contributed by atoms with E-state index in [4.69, 9.17) is 5.10 Å². The number of aromatic nitrogens is 2. The van der Waals surface area contributed by atoms with Crippen LogP contribution in [0, 0.1) is 5.92 Å². The summed E-state index contributed by atoms with van der Waals surface area (Å²) in [6.07, 6.45) is 5.88. The first-order valence-corrected chi connectivity index (χ1v) is 7.64. The molecule has 0 amide bonds. The smallest absolute Gasteiger partial charge is 0.0764 e. The zero-order valence-corrected chi connectivity index (χ0v) is 12.6. The fourth-order valence-corrected chi connectivity index (χ4v) is 2.76. The van der Waals surface area contributed by atoms with Crippen LogP contribution in [-0.2, 0) is 6.54 Å². The standard InChI is InChI=1S/C15H28N4/c1-4-13(2)19-10-7-15(17-19)12-18-8-5-14(6-9-18)11-16-3/h7,10,13-14,16H,4-6,8-9,11-12H2,1-3H3. The molecule has 108 valence electrons. The summed E-state index contributed by atoms with van der Waals surface area (Å²) in [5.74, 6) is 0.860. The molecule has 0 bridgehead atoms. The predicted octanol–water partition coefficient (Wildman–Crippen LogP) is 2.29. The van der Waals surface area contributed by atoms with Gasteiger partial charge in [-0.2, -0.15) is 5.10 Å². The molecule has 1 aliphatic rings. The highest BCUT2D eigenvalue weighted by Gasteiger charge is 2.19. The zero-order chi connectivity index (χ0) is 13.7. The van der Waals surface area contributed by atoms with Gasteiger partial charge in [-0.15, -0.1) is 0 Å². The molecule has 2 heterocycles. The SMILES string of the molecule is CCC(C)n1ccc(CN2CCC(CNC)CC2)n1. The summed E-state index contributed by atoms with van der Waals surface area (Å²) < 4.78 is 2.10. The van der Waals surface area contributed by atoms with E-state index in [0.29, 0.717) is 6.04 Å². The van der Waals surface area contributed by atoms with Crippen molar-refractivity contribution in [1.29, 1.82) is 0 Å². The Balaban J connectivity index is 1.80. The average molecular weight is 264 g/mol. The lowest BCUT2D eigenvalue weighted by Gasteiger charge is -2.31. The average Bonchev–Trinajstić information content (AvgIpc) is 2.89. The van der Waals surface area contributed by atoms with Gasteiger partial charge in [0.1, 0.15) is 0 Å². The first-order chi connectivity index (χ1) is 9.22. The van der Waals surface area contributed by atoms with Crippen molar-refractivity contribution in [2.24, 2.45) is 5.92 Å². The quantitative estimate of drug-likeness (QED) is 0.856. The van der Waals surface area contributed by atoms with E-state index in [1.165, 1.54) is 31.6 Å². The fraction of sp³-hybridized carbons (Fsp3) is 0.800. The molecule has 0 radical (unpaired) electrons. The second kappa shape index (κ2) is 7.06. The Hall–Kier alpha value is -0.870. The minimum atomic E-state index is 0.509. The van der Waals surface area contributed by atoms with E-state index < -0.39 is 0 Å². The zero-order valence-electron chi connectivity index (χ0n) is 12.6. The van der Waals surface area contributed by atoms with Crippen molar-refractivity contribution in [3.05, 3.63) is 18.0 Å². The monoisotopic (exact) mass is 264 g/mol. The van der Waals surface area contributed by atoms with E-state index in [-0.39, 0.29) is 0 Å². The van der Waals surface area contributed by atoms with E-state index >= 15 is 0 Å². The molecule has 1 N–H and O–H groups in total. The summed E-state index contributed by atoms with van der Waals surface area (Å²) in [6, 6.07) is 2.68. The lowest BCUT2D eigenvalue weighted by Crippen LogP contribution is -2.36. The number of hydrogen-bond acceptors (Lipinski definition) is 3. The van der Waals surface area contributed by atoms with Gasteiger partial charge in [0.15, 0.2) is 0 Å². The molecule has 1 atom stereocenters. The van der Waals surface area contributed by atoms with Crippen molar-refractivity contribution < 1.29 is 0 Å². The molecule has 1 fully saturated rings. The fourth-order valence-electron chi connectivity index (χ4n) is 2.76. The molecule has 0 aliphatic carbocycles. The van der Waals surface area contributed by atoms with Crippen molar-refractivity contribution in [1.82, 2.24) is 20.0 Å². The molecule has 0 aromatic carbocycles. The van der Waals surface area contributed by atoms with Crippen molar-refractivity contribution in [2.75, 3.05) is 26.7 Å². The third kappa shape index (κ3) is 4.05. The number of hydrogen-bond donors (Lipinski definition) is 1. The molecular formula is C15H28N4. The minimum absolute atomic E-state index is 0.509. The highest BCUT2D eigenvalue weighted by Crippen LogP contribution is 2.18. The first kappa shape index (κ1) is 14.5. The van der Waals surface area contributed by atoms with Crippen LogP contribution in [0.5, 0.6) is 0 Å². The molecule has 1 unspecified atom stereocenters. The number of piperidine rings is 1. The van der Waals surface area contributed by atoms with Crippen molar-refractivity contribution in [3.8, 4) is 0 Å². The first-order valence-electron chi connectivity index (χ1n) is 7.64. The van der Waals surface area contributed by atoms with Crippen LogP contribution < -0.4 is 5.32 Å². The van der Waals surface area contributed by atoms with Crippen molar-refractivity contribution in [2.45, 2.75) is 45.7 Å². The molecule has 0 spiro atoms. The van der Waals surface area contributed by atoms with Crippen LogP contribution in [0.25, 0.3) is 0 Å². The van der Waals surface area contributed by atoms with E-state index in [1.807, 2.05) is 7.05 Å². The van der Waals surface area contributed by atoms with Gasteiger partial charge in [-0.05, 0) is 64.9 Å². The molecule has 0 saturated carbocycles. The van der Waals surface area contributed by atoms with Crippen LogP contribution in [0.15, 0.2) is 12.3 Å². The van der Waals surface area contributed by atoms with Crippen LogP contribution in [0.1, 0.15) is 44.8 Å². The van der Waals surface area contributed by atoms with Gasteiger partial charge in [-0.1, -0.05) is 6.92 Å². The molecular weight excluding hydrogens is 236 g/mol. The van der Waals surface area contributed by atoms with Gasteiger partial charge in [0.25, 0.3) is 0 Å². The second-order valence-corrected chi connectivity index (χ2v) is 5.82. The van der Waals surface area contributed by atoms with Crippen LogP contribution in [0.2, 0.25) is 0 Å². The summed E-state index contributed by atoms with van der Waals surface area (Å²) in [6.45, 7) is 9.02. The second-order valence-electron chi connectivity index (χ2n) is 5.82. The van der Waals surface area contributed by atoms with E-state index in [1.54, 1.807) is 0 Å². The Bertz CT molecular complexity index is 366. The van der Waals surface area contributed by atoms with E-state index in [0.717, 1.165) is 25.4 Å². The van der Waals surface area contributed by atoms with Gasteiger partial charge in [0.2, 0.25) is 0 Å².